The average Bonchev–Trinajstić information content (AvgIpc) is 2.40. The van der Waals surface area contributed by atoms with Gasteiger partial charge in [0.1, 0.15) is 0 Å². The third kappa shape index (κ3) is 3.76. The van der Waals surface area contributed by atoms with Crippen LogP contribution in [-0.2, 0) is 4.74 Å². The van der Waals surface area contributed by atoms with Crippen molar-refractivity contribution in [3.05, 3.63) is 0 Å². The molecular formula is C10H22O. The Kier molecular flexibility index (Phi) is 5.57. The molecule has 0 spiro atoms. The first-order chi connectivity index (χ1) is 5.20. The molecule has 0 N–H and O–H groups in total. The number of hydrogen-bond acceptors (Lipinski definition) is 1. The lowest BCUT2D eigenvalue weighted by atomic mass is 10.0. The van der Waals surface area contributed by atoms with E-state index in [1.54, 1.807) is 0 Å². The number of ether oxygens (including phenoxy) is 1. The summed E-state index contributed by atoms with van der Waals surface area (Å²) in [6.07, 6.45) is 3.57. The number of hydrogen-bond donors (Lipinski definition) is 0. The van der Waals surface area contributed by atoms with Crippen molar-refractivity contribution >= 4 is 0 Å². The maximum absolute atomic E-state index is 5.62. The van der Waals surface area contributed by atoms with Gasteiger partial charge in [-0.3, -0.25) is 0 Å². The van der Waals surface area contributed by atoms with E-state index in [1.807, 2.05) is 13.8 Å². The Morgan fingerprint density at radius 1 is 1.18 bits per heavy atom. The van der Waals surface area contributed by atoms with E-state index in [0.717, 1.165) is 0 Å². The van der Waals surface area contributed by atoms with Gasteiger partial charge < -0.3 is 4.74 Å². The zero-order valence-corrected chi connectivity index (χ0v) is 8.55. The fourth-order valence-corrected chi connectivity index (χ4v) is 1.32. The molecular weight excluding hydrogens is 136 g/mol. The highest BCUT2D eigenvalue weighted by Gasteiger charge is 2.23. The Hall–Kier alpha value is -0.0400. The summed E-state index contributed by atoms with van der Waals surface area (Å²) in [6, 6.07) is 0. The first-order valence-corrected chi connectivity index (χ1v) is 4.85. The molecule has 2 atom stereocenters. The van der Waals surface area contributed by atoms with Gasteiger partial charge >= 0.3 is 0 Å². The van der Waals surface area contributed by atoms with Gasteiger partial charge in [-0.2, -0.15) is 0 Å². The van der Waals surface area contributed by atoms with Crippen molar-refractivity contribution in [2.45, 2.75) is 59.7 Å². The van der Waals surface area contributed by atoms with E-state index in [1.165, 1.54) is 12.8 Å². The standard InChI is InChI=1S/C8H16O.C2H6/c1-6(2)8-5-4-7(3)9-8;1-2/h6-8H,4-5H2,1-3H3;1-2H3. The number of rotatable bonds is 1. The normalized spacial score (nSPS) is 30.0. The highest BCUT2D eigenvalue weighted by Crippen LogP contribution is 2.24. The van der Waals surface area contributed by atoms with Gasteiger partial charge in [0.25, 0.3) is 0 Å². The van der Waals surface area contributed by atoms with Crippen LogP contribution in [0.4, 0.5) is 0 Å². The molecule has 0 saturated carbocycles. The molecule has 0 radical (unpaired) electrons. The summed E-state index contributed by atoms with van der Waals surface area (Å²) in [5.74, 6) is 0.704. The van der Waals surface area contributed by atoms with E-state index < -0.39 is 0 Å². The Morgan fingerprint density at radius 3 is 1.91 bits per heavy atom. The maximum Gasteiger partial charge on any atom is 0.0602 e. The van der Waals surface area contributed by atoms with Crippen LogP contribution in [0, 0.1) is 5.92 Å². The first kappa shape index (κ1) is 11.0. The topological polar surface area (TPSA) is 9.23 Å². The smallest absolute Gasteiger partial charge is 0.0602 e. The van der Waals surface area contributed by atoms with Gasteiger partial charge in [-0.25, -0.2) is 0 Å². The predicted molar refractivity (Wildman–Crippen MR) is 49.8 cm³/mol. The summed E-state index contributed by atoms with van der Waals surface area (Å²) in [5, 5.41) is 0. The Bertz CT molecular complexity index is 88.9. The van der Waals surface area contributed by atoms with Crippen LogP contribution < -0.4 is 0 Å². The molecule has 0 bridgehead atoms. The van der Waals surface area contributed by atoms with E-state index in [-0.39, 0.29) is 0 Å². The minimum atomic E-state index is 0.511. The second kappa shape index (κ2) is 5.59. The molecule has 68 valence electrons. The Balaban J connectivity index is 0.000000461. The van der Waals surface area contributed by atoms with Crippen molar-refractivity contribution < 1.29 is 4.74 Å². The molecule has 1 saturated heterocycles. The molecule has 1 aliphatic rings. The van der Waals surface area contributed by atoms with Crippen molar-refractivity contribution in [1.29, 1.82) is 0 Å². The predicted octanol–water partition coefficient (Wildman–Crippen LogP) is 3.24. The van der Waals surface area contributed by atoms with Crippen LogP contribution in [0.1, 0.15) is 47.5 Å². The molecule has 1 nitrogen and oxygen atoms in total. The lowest BCUT2D eigenvalue weighted by Crippen LogP contribution is -2.14. The third-order valence-corrected chi connectivity index (χ3v) is 2.01. The Morgan fingerprint density at radius 2 is 1.73 bits per heavy atom. The highest BCUT2D eigenvalue weighted by atomic mass is 16.5. The van der Waals surface area contributed by atoms with Gasteiger partial charge in [0, 0.05) is 0 Å². The molecule has 1 aliphatic heterocycles. The van der Waals surface area contributed by atoms with E-state index in [9.17, 15) is 0 Å². The van der Waals surface area contributed by atoms with Gasteiger partial charge in [-0.05, 0) is 25.7 Å². The van der Waals surface area contributed by atoms with Crippen LogP contribution >= 0.6 is 0 Å². The molecule has 0 aromatic carbocycles. The second-order valence-corrected chi connectivity index (χ2v) is 3.31. The molecule has 0 amide bonds. The monoisotopic (exact) mass is 158 g/mol. The zero-order chi connectivity index (χ0) is 8.85. The molecule has 0 aromatic heterocycles. The summed E-state index contributed by atoms with van der Waals surface area (Å²) >= 11 is 0. The molecule has 0 aliphatic carbocycles. The molecule has 11 heavy (non-hydrogen) atoms. The fraction of sp³-hybridized carbons (Fsp3) is 1.00. The minimum Gasteiger partial charge on any atom is -0.375 e. The quantitative estimate of drug-likeness (QED) is 0.569. The molecule has 1 rings (SSSR count). The molecule has 2 unspecified atom stereocenters. The van der Waals surface area contributed by atoms with Crippen LogP contribution in [0.25, 0.3) is 0 Å². The molecule has 1 heterocycles. The van der Waals surface area contributed by atoms with E-state index >= 15 is 0 Å². The maximum atomic E-state index is 5.62. The highest BCUT2D eigenvalue weighted by molar-refractivity contribution is 4.72. The van der Waals surface area contributed by atoms with Gasteiger partial charge in [-0.1, -0.05) is 27.7 Å². The largest absolute Gasteiger partial charge is 0.375 e. The van der Waals surface area contributed by atoms with E-state index in [2.05, 4.69) is 20.8 Å². The van der Waals surface area contributed by atoms with Crippen molar-refractivity contribution in [2.75, 3.05) is 0 Å². The van der Waals surface area contributed by atoms with Crippen molar-refractivity contribution in [3.8, 4) is 0 Å². The van der Waals surface area contributed by atoms with Gasteiger partial charge in [0.05, 0.1) is 12.2 Å². The summed E-state index contributed by atoms with van der Waals surface area (Å²) < 4.78 is 5.62. The van der Waals surface area contributed by atoms with Crippen LogP contribution in [0.3, 0.4) is 0 Å². The van der Waals surface area contributed by atoms with Crippen molar-refractivity contribution in [3.63, 3.8) is 0 Å². The Labute approximate surface area is 71.1 Å². The van der Waals surface area contributed by atoms with Gasteiger partial charge in [0.15, 0.2) is 0 Å². The summed E-state index contributed by atoms with van der Waals surface area (Å²) in [5.41, 5.74) is 0. The summed E-state index contributed by atoms with van der Waals surface area (Å²) in [4.78, 5) is 0. The van der Waals surface area contributed by atoms with Gasteiger partial charge in [0.2, 0.25) is 0 Å². The lowest BCUT2D eigenvalue weighted by molar-refractivity contribution is 0.0288. The average molecular weight is 158 g/mol. The SMILES string of the molecule is CC.CC1CCC(C(C)C)O1. The van der Waals surface area contributed by atoms with Crippen LogP contribution in [0.15, 0.2) is 0 Å². The second-order valence-electron chi connectivity index (χ2n) is 3.31. The molecule has 1 heteroatoms. The zero-order valence-electron chi connectivity index (χ0n) is 8.55. The van der Waals surface area contributed by atoms with E-state index in [0.29, 0.717) is 18.1 Å². The third-order valence-electron chi connectivity index (χ3n) is 2.01. The minimum absolute atomic E-state index is 0.511. The van der Waals surface area contributed by atoms with Crippen LogP contribution in [-0.4, -0.2) is 12.2 Å². The van der Waals surface area contributed by atoms with Crippen LogP contribution in [0.2, 0.25) is 0 Å². The van der Waals surface area contributed by atoms with E-state index in [4.69, 9.17) is 4.74 Å². The van der Waals surface area contributed by atoms with Crippen molar-refractivity contribution in [1.82, 2.24) is 0 Å². The molecule has 1 fully saturated rings. The van der Waals surface area contributed by atoms with Gasteiger partial charge in [-0.15, -0.1) is 0 Å². The molecule has 0 aromatic rings. The van der Waals surface area contributed by atoms with Crippen LogP contribution in [0.5, 0.6) is 0 Å². The van der Waals surface area contributed by atoms with Crippen molar-refractivity contribution in [2.24, 2.45) is 5.92 Å². The lowest BCUT2D eigenvalue weighted by Gasteiger charge is -2.13. The fourth-order valence-electron chi connectivity index (χ4n) is 1.32. The first-order valence-electron chi connectivity index (χ1n) is 4.85. The summed E-state index contributed by atoms with van der Waals surface area (Å²) in [6.45, 7) is 10.6. The summed E-state index contributed by atoms with van der Waals surface area (Å²) in [7, 11) is 0.